The van der Waals surface area contributed by atoms with Crippen LogP contribution >= 0.6 is 0 Å². The predicted octanol–water partition coefficient (Wildman–Crippen LogP) is 5.31. The lowest BCUT2D eigenvalue weighted by molar-refractivity contribution is 0.397. The monoisotopic (exact) mass is 256 g/mol. The quantitative estimate of drug-likeness (QED) is 0.663. The Morgan fingerprint density at radius 2 is 1.53 bits per heavy atom. The van der Waals surface area contributed by atoms with Gasteiger partial charge in [-0.3, -0.25) is 0 Å². The van der Waals surface area contributed by atoms with Gasteiger partial charge in [0.05, 0.1) is 0 Å². The normalized spacial score (nSPS) is 12.1. The number of benzene rings is 1. The Labute approximate surface area is 110 Å². The van der Waals surface area contributed by atoms with Gasteiger partial charge < -0.3 is 4.43 Å². The molecule has 0 aliphatic carbocycles. The van der Waals surface area contributed by atoms with E-state index in [-0.39, 0.29) is 14.9 Å². The SMILES string of the molecule is C.C.CC.CC[Si](C)(Cc1ccccc1)OC. The van der Waals surface area contributed by atoms with Crippen molar-refractivity contribution in [1.29, 1.82) is 0 Å². The Kier molecular flexibility index (Phi) is 15.1. The van der Waals surface area contributed by atoms with Crippen LogP contribution in [-0.4, -0.2) is 15.4 Å². The number of rotatable bonds is 4. The zero-order valence-electron chi connectivity index (χ0n) is 10.7. The average molecular weight is 257 g/mol. The van der Waals surface area contributed by atoms with Crippen molar-refractivity contribution in [2.45, 2.75) is 54.3 Å². The van der Waals surface area contributed by atoms with Crippen LogP contribution in [0.1, 0.15) is 41.2 Å². The number of hydrogen-bond donors (Lipinski definition) is 0. The largest absolute Gasteiger partial charge is 0.420 e. The van der Waals surface area contributed by atoms with Gasteiger partial charge in [-0.25, -0.2) is 0 Å². The Balaban J connectivity index is -0.000000464. The van der Waals surface area contributed by atoms with Gasteiger partial charge in [0.2, 0.25) is 0 Å². The molecule has 0 radical (unpaired) electrons. The number of hydrogen-bond acceptors (Lipinski definition) is 1. The van der Waals surface area contributed by atoms with Crippen LogP contribution in [0.4, 0.5) is 0 Å². The maximum Gasteiger partial charge on any atom is 0.193 e. The molecule has 1 atom stereocenters. The maximum atomic E-state index is 5.63. The Morgan fingerprint density at radius 1 is 1.06 bits per heavy atom. The molecule has 1 rings (SSSR count). The van der Waals surface area contributed by atoms with Crippen molar-refractivity contribution in [1.82, 2.24) is 0 Å². The first-order chi connectivity index (χ1) is 7.20. The minimum absolute atomic E-state index is 0. The van der Waals surface area contributed by atoms with Crippen LogP contribution in [0.2, 0.25) is 12.6 Å². The third-order valence-electron chi connectivity index (χ3n) is 2.66. The molecule has 0 fully saturated rings. The van der Waals surface area contributed by atoms with E-state index in [0.29, 0.717) is 0 Å². The molecule has 0 N–H and O–H groups in total. The van der Waals surface area contributed by atoms with Crippen molar-refractivity contribution in [2.24, 2.45) is 0 Å². The van der Waals surface area contributed by atoms with Gasteiger partial charge in [-0.15, -0.1) is 0 Å². The molecule has 0 aromatic heterocycles. The summed E-state index contributed by atoms with van der Waals surface area (Å²) in [4.78, 5) is 0. The second kappa shape index (κ2) is 11.9. The van der Waals surface area contributed by atoms with E-state index < -0.39 is 8.32 Å². The van der Waals surface area contributed by atoms with Crippen LogP contribution in [0.15, 0.2) is 30.3 Å². The van der Waals surface area contributed by atoms with Crippen molar-refractivity contribution >= 4 is 8.32 Å². The fraction of sp³-hybridized carbons (Fsp3) is 0.600. The van der Waals surface area contributed by atoms with E-state index in [2.05, 4.69) is 43.8 Å². The summed E-state index contributed by atoms with van der Waals surface area (Å²) in [5, 5.41) is 0. The summed E-state index contributed by atoms with van der Waals surface area (Å²) in [6.07, 6.45) is 0. The first-order valence-electron chi connectivity index (χ1n) is 5.79. The van der Waals surface area contributed by atoms with Gasteiger partial charge in [0, 0.05) is 7.11 Å². The molecule has 1 nitrogen and oxygen atoms in total. The van der Waals surface area contributed by atoms with E-state index in [1.165, 1.54) is 11.6 Å². The molecule has 1 aromatic rings. The summed E-state index contributed by atoms with van der Waals surface area (Å²) in [5.41, 5.74) is 1.40. The minimum atomic E-state index is -1.44. The fourth-order valence-electron chi connectivity index (χ4n) is 1.37. The van der Waals surface area contributed by atoms with Gasteiger partial charge in [0.15, 0.2) is 8.32 Å². The second-order valence-corrected chi connectivity index (χ2v) is 8.04. The van der Waals surface area contributed by atoms with Crippen molar-refractivity contribution in [3.8, 4) is 0 Å². The van der Waals surface area contributed by atoms with E-state index in [4.69, 9.17) is 4.43 Å². The summed E-state index contributed by atoms with van der Waals surface area (Å²) in [6, 6.07) is 12.9. The lowest BCUT2D eigenvalue weighted by Gasteiger charge is -2.23. The summed E-state index contributed by atoms with van der Waals surface area (Å²) in [7, 11) is 0.408. The lowest BCUT2D eigenvalue weighted by Crippen LogP contribution is -2.35. The molecule has 0 amide bonds. The Hall–Kier alpha value is -0.603. The molecule has 2 heteroatoms. The van der Waals surface area contributed by atoms with E-state index in [0.717, 1.165) is 6.04 Å². The van der Waals surface area contributed by atoms with Gasteiger partial charge >= 0.3 is 0 Å². The highest BCUT2D eigenvalue weighted by atomic mass is 28.4. The maximum absolute atomic E-state index is 5.63. The third-order valence-corrected chi connectivity index (χ3v) is 6.30. The van der Waals surface area contributed by atoms with Gasteiger partial charge in [-0.2, -0.15) is 0 Å². The molecule has 0 saturated carbocycles. The summed E-state index contributed by atoms with van der Waals surface area (Å²) in [5.74, 6) is 0. The standard InChI is InChI=1S/C11H18OSi.C2H6.2CH4/c1-4-13(3,12-2)10-11-8-6-5-7-9-11;1-2;;/h5-9H,4,10H2,1-3H3;1-2H3;2*1H4. The summed E-state index contributed by atoms with van der Waals surface area (Å²) in [6.45, 7) is 8.51. The van der Waals surface area contributed by atoms with Crippen LogP contribution in [0, 0.1) is 0 Å². The first-order valence-corrected chi connectivity index (χ1v) is 8.61. The highest BCUT2D eigenvalue weighted by Gasteiger charge is 2.25. The third kappa shape index (κ3) is 8.16. The molecule has 0 heterocycles. The summed E-state index contributed by atoms with van der Waals surface area (Å²) >= 11 is 0. The predicted molar refractivity (Wildman–Crippen MR) is 84.1 cm³/mol. The smallest absolute Gasteiger partial charge is 0.193 e. The Morgan fingerprint density at radius 3 is 1.88 bits per heavy atom. The van der Waals surface area contributed by atoms with Crippen LogP contribution < -0.4 is 0 Å². The van der Waals surface area contributed by atoms with Gasteiger partial charge in [0.25, 0.3) is 0 Å². The second-order valence-electron chi connectivity index (χ2n) is 3.67. The minimum Gasteiger partial charge on any atom is -0.420 e. The summed E-state index contributed by atoms with van der Waals surface area (Å²) < 4.78 is 5.63. The van der Waals surface area contributed by atoms with E-state index >= 15 is 0 Å². The molecular weight excluding hydrogens is 224 g/mol. The van der Waals surface area contributed by atoms with Crippen molar-refractivity contribution < 1.29 is 4.43 Å². The van der Waals surface area contributed by atoms with Crippen LogP contribution in [-0.2, 0) is 10.5 Å². The van der Waals surface area contributed by atoms with Crippen molar-refractivity contribution in [3.63, 3.8) is 0 Å². The molecule has 102 valence electrons. The molecular formula is C15H32OSi. The van der Waals surface area contributed by atoms with Gasteiger partial charge in [0.1, 0.15) is 0 Å². The van der Waals surface area contributed by atoms with Crippen molar-refractivity contribution in [3.05, 3.63) is 35.9 Å². The molecule has 0 bridgehead atoms. The molecule has 0 spiro atoms. The van der Waals surface area contributed by atoms with Crippen molar-refractivity contribution in [2.75, 3.05) is 7.11 Å². The fourth-order valence-corrected chi connectivity index (χ4v) is 3.15. The molecule has 17 heavy (non-hydrogen) atoms. The first kappa shape index (κ1) is 21.7. The van der Waals surface area contributed by atoms with Gasteiger partial charge in [-0.05, 0) is 24.2 Å². The van der Waals surface area contributed by atoms with Crippen LogP contribution in [0.25, 0.3) is 0 Å². The molecule has 0 aliphatic heterocycles. The molecule has 0 saturated heterocycles. The van der Waals surface area contributed by atoms with E-state index in [9.17, 15) is 0 Å². The zero-order valence-corrected chi connectivity index (χ0v) is 11.7. The lowest BCUT2D eigenvalue weighted by atomic mass is 10.2. The Bertz CT molecular complexity index is 242. The molecule has 1 aromatic carbocycles. The van der Waals surface area contributed by atoms with E-state index in [1.54, 1.807) is 0 Å². The van der Waals surface area contributed by atoms with Crippen LogP contribution in [0.3, 0.4) is 0 Å². The van der Waals surface area contributed by atoms with E-state index in [1.807, 2.05) is 21.0 Å². The zero-order chi connectivity index (χ0) is 11.7. The van der Waals surface area contributed by atoms with Crippen LogP contribution in [0.5, 0.6) is 0 Å². The molecule has 0 aliphatic rings. The molecule has 1 unspecified atom stereocenters. The average Bonchev–Trinajstić information content (AvgIpc) is 2.33. The highest BCUT2D eigenvalue weighted by molar-refractivity contribution is 6.71. The van der Waals surface area contributed by atoms with Gasteiger partial charge in [-0.1, -0.05) is 66.0 Å². The highest BCUT2D eigenvalue weighted by Crippen LogP contribution is 2.16. The topological polar surface area (TPSA) is 9.23 Å².